The number of Topliss-reactive ketones (excluding diaryl/α,β-unsaturated/α-hetero) is 1. The molecule has 29 heavy (non-hydrogen) atoms. The third-order valence-corrected chi connectivity index (χ3v) is 5.19. The van der Waals surface area contributed by atoms with E-state index in [9.17, 15) is 14.4 Å². The van der Waals surface area contributed by atoms with Crippen LogP contribution in [0.5, 0.6) is 0 Å². The average molecular weight is 407 g/mol. The maximum absolute atomic E-state index is 12.2. The van der Waals surface area contributed by atoms with E-state index in [1.54, 1.807) is 59.9 Å². The minimum atomic E-state index is -0.373. The van der Waals surface area contributed by atoms with E-state index in [0.717, 1.165) is 6.42 Å². The lowest BCUT2D eigenvalue weighted by atomic mass is 10.1. The van der Waals surface area contributed by atoms with Gasteiger partial charge in [-0.25, -0.2) is 0 Å². The lowest BCUT2D eigenvalue weighted by molar-refractivity contribution is -0.142. The van der Waals surface area contributed by atoms with Crippen molar-refractivity contribution in [3.05, 3.63) is 88.1 Å². The summed E-state index contributed by atoms with van der Waals surface area (Å²) in [4.78, 5) is 37.4. The topological polar surface area (TPSA) is 72.5 Å². The number of thiophene rings is 1. The second-order valence-electron chi connectivity index (χ2n) is 6.41. The first-order valence-electron chi connectivity index (χ1n) is 9.29. The van der Waals surface area contributed by atoms with E-state index in [1.807, 2.05) is 23.6 Å². The fourth-order valence-corrected chi connectivity index (χ4v) is 3.45. The Labute approximate surface area is 173 Å². The smallest absolute Gasteiger partial charge is 0.306 e. The van der Waals surface area contributed by atoms with Gasteiger partial charge in [-0.15, -0.1) is 11.3 Å². The average Bonchev–Trinajstić information content (AvgIpc) is 3.27. The van der Waals surface area contributed by atoms with Gasteiger partial charge in [-0.3, -0.25) is 14.4 Å². The SMILES string of the molecule is O=C(CCCc1cccs1)OCC(=O)c1ccc(NC(=O)c2ccccc2)cc1. The number of amides is 1. The first-order valence-corrected chi connectivity index (χ1v) is 10.2. The highest BCUT2D eigenvalue weighted by Crippen LogP contribution is 2.14. The normalized spacial score (nSPS) is 10.3. The van der Waals surface area contributed by atoms with Gasteiger partial charge >= 0.3 is 5.97 Å². The van der Waals surface area contributed by atoms with Crippen molar-refractivity contribution in [3.63, 3.8) is 0 Å². The Kier molecular flexibility index (Phi) is 7.30. The Morgan fingerprint density at radius 2 is 1.62 bits per heavy atom. The number of nitrogens with one attached hydrogen (secondary N) is 1. The van der Waals surface area contributed by atoms with Gasteiger partial charge in [-0.05, 0) is 60.7 Å². The lowest BCUT2D eigenvalue weighted by Gasteiger charge is -2.07. The summed E-state index contributed by atoms with van der Waals surface area (Å²) in [5.74, 6) is -0.875. The summed E-state index contributed by atoms with van der Waals surface area (Å²) in [6.45, 7) is -0.284. The van der Waals surface area contributed by atoms with E-state index in [0.29, 0.717) is 23.2 Å². The first-order chi connectivity index (χ1) is 14.1. The van der Waals surface area contributed by atoms with Crippen LogP contribution in [0.3, 0.4) is 0 Å². The number of esters is 1. The predicted octanol–water partition coefficient (Wildman–Crippen LogP) is 4.75. The molecule has 0 aliphatic heterocycles. The largest absolute Gasteiger partial charge is 0.457 e. The van der Waals surface area contributed by atoms with Gasteiger partial charge in [0.1, 0.15) is 0 Å². The molecule has 0 radical (unpaired) electrons. The van der Waals surface area contributed by atoms with E-state index >= 15 is 0 Å². The minimum Gasteiger partial charge on any atom is -0.457 e. The van der Waals surface area contributed by atoms with Gasteiger partial charge in [-0.2, -0.15) is 0 Å². The van der Waals surface area contributed by atoms with Crippen molar-refractivity contribution in [2.45, 2.75) is 19.3 Å². The Morgan fingerprint density at radius 3 is 2.31 bits per heavy atom. The van der Waals surface area contributed by atoms with Crippen LogP contribution in [0.15, 0.2) is 72.1 Å². The number of anilines is 1. The molecule has 5 nitrogen and oxygen atoms in total. The molecular formula is C23H21NO4S. The van der Waals surface area contributed by atoms with Crippen LogP contribution >= 0.6 is 11.3 Å². The van der Waals surface area contributed by atoms with Gasteiger partial charge in [0.05, 0.1) is 0 Å². The van der Waals surface area contributed by atoms with Gasteiger partial charge < -0.3 is 10.1 Å². The molecule has 0 atom stereocenters. The highest BCUT2D eigenvalue weighted by Gasteiger charge is 2.11. The maximum atomic E-state index is 12.2. The van der Waals surface area contributed by atoms with Gasteiger partial charge in [0.15, 0.2) is 12.4 Å². The first kappa shape index (κ1) is 20.5. The molecule has 0 aliphatic carbocycles. The Bertz CT molecular complexity index is 950. The molecule has 0 saturated carbocycles. The molecule has 148 valence electrons. The molecule has 0 fully saturated rings. The molecule has 0 unspecified atom stereocenters. The van der Waals surface area contributed by atoms with Crippen LogP contribution in [-0.4, -0.2) is 24.3 Å². The molecule has 0 bridgehead atoms. The van der Waals surface area contributed by atoms with E-state index in [4.69, 9.17) is 4.74 Å². The molecule has 3 aromatic rings. The number of hydrogen-bond acceptors (Lipinski definition) is 5. The van der Waals surface area contributed by atoms with Crippen molar-refractivity contribution in [3.8, 4) is 0 Å². The molecule has 1 heterocycles. The van der Waals surface area contributed by atoms with Crippen LogP contribution in [0.4, 0.5) is 5.69 Å². The molecule has 0 aliphatic rings. The zero-order valence-corrected chi connectivity index (χ0v) is 16.6. The number of aryl methyl sites for hydroxylation is 1. The molecule has 3 rings (SSSR count). The molecule has 1 N–H and O–H groups in total. The molecule has 1 amide bonds. The summed E-state index contributed by atoms with van der Waals surface area (Å²) in [7, 11) is 0. The molecule has 2 aromatic carbocycles. The summed E-state index contributed by atoms with van der Waals surface area (Å²) >= 11 is 1.66. The number of benzene rings is 2. The molecule has 0 spiro atoms. The van der Waals surface area contributed by atoms with E-state index in [-0.39, 0.29) is 30.7 Å². The number of ether oxygens (including phenoxy) is 1. The number of carbonyl (C=O) groups is 3. The number of hydrogen-bond donors (Lipinski definition) is 1. The van der Waals surface area contributed by atoms with Crippen LogP contribution in [-0.2, 0) is 16.0 Å². The highest BCUT2D eigenvalue weighted by atomic mass is 32.1. The standard InChI is InChI=1S/C23H21NO4S/c25-21(16-28-22(26)10-4-8-20-9-5-15-29-20)17-11-13-19(14-12-17)24-23(27)18-6-2-1-3-7-18/h1-3,5-7,9,11-15H,4,8,10,16H2,(H,24,27). The van der Waals surface area contributed by atoms with Crippen molar-refractivity contribution >= 4 is 34.7 Å². The second kappa shape index (κ2) is 10.3. The van der Waals surface area contributed by atoms with Crippen molar-refractivity contribution in [1.82, 2.24) is 0 Å². The van der Waals surface area contributed by atoms with Crippen molar-refractivity contribution in [1.29, 1.82) is 0 Å². The maximum Gasteiger partial charge on any atom is 0.306 e. The van der Waals surface area contributed by atoms with Crippen LogP contribution in [0.25, 0.3) is 0 Å². The van der Waals surface area contributed by atoms with Gasteiger partial charge in [0, 0.05) is 28.1 Å². The zero-order chi connectivity index (χ0) is 20.5. The van der Waals surface area contributed by atoms with E-state index in [2.05, 4.69) is 5.32 Å². The summed E-state index contributed by atoms with van der Waals surface area (Å²) in [5.41, 5.74) is 1.56. The van der Waals surface area contributed by atoms with Crippen LogP contribution in [0, 0.1) is 0 Å². The third-order valence-electron chi connectivity index (χ3n) is 4.25. The Balaban J connectivity index is 1.42. The molecule has 6 heteroatoms. The van der Waals surface area contributed by atoms with Gasteiger partial charge in [-0.1, -0.05) is 24.3 Å². The summed E-state index contributed by atoms with van der Waals surface area (Å²) < 4.78 is 5.08. The van der Waals surface area contributed by atoms with Gasteiger partial charge in [0.2, 0.25) is 0 Å². The quantitative estimate of drug-likeness (QED) is 0.410. The number of carbonyl (C=O) groups excluding carboxylic acids is 3. The summed E-state index contributed by atoms with van der Waals surface area (Å²) in [5, 5.41) is 4.78. The number of ketones is 1. The van der Waals surface area contributed by atoms with Gasteiger partial charge in [0.25, 0.3) is 5.91 Å². The van der Waals surface area contributed by atoms with Crippen molar-refractivity contribution in [2.75, 3.05) is 11.9 Å². The van der Waals surface area contributed by atoms with Crippen molar-refractivity contribution in [2.24, 2.45) is 0 Å². The van der Waals surface area contributed by atoms with Crippen LogP contribution in [0.1, 0.15) is 38.4 Å². The summed E-state index contributed by atoms with van der Waals surface area (Å²) in [6, 6.07) is 19.4. The predicted molar refractivity (Wildman–Crippen MR) is 113 cm³/mol. The van der Waals surface area contributed by atoms with Crippen LogP contribution < -0.4 is 5.32 Å². The minimum absolute atomic E-state index is 0.221. The monoisotopic (exact) mass is 407 g/mol. The van der Waals surface area contributed by atoms with E-state index < -0.39 is 0 Å². The molecule has 1 aromatic heterocycles. The highest BCUT2D eigenvalue weighted by molar-refractivity contribution is 7.09. The molecular weight excluding hydrogens is 386 g/mol. The Morgan fingerprint density at radius 1 is 0.862 bits per heavy atom. The third kappa shape index (κ3) is 6.40. The second-order valence-corrected chi connectivity index (χ2v) is 7.45. The summed E-state index contributed by atoms with van der Waals surface area (Å²) in [6.07, 6.45) is 1.82. The fourth-order valence-electron chi connectivity index (χ4n) is 2.70. The zero-order valence-electron chi connectivity index (χ0n) is 15.8. The lowest BCUT2D eigenvalue weighted by Crippen LogP contribution is -2.14. The molecule has 0 saturated heterocycles. The number of rotatable bonds is 9. The van der Waals surface area contributed by atoms with Crippen LogP contribution in [0.2, 0.25) is 0 Å². The fraction of sp³-hybridized carbons (Fsp3) is 0.174. The Hall–Kier alpha value is -3.25. The van der Waals surface area contributed by atoms with Crippen molar-refractivity contribution < 1.29 is 19.1 Å². The van der Waals surface area contributed by atoms with E-state index in [1.165, 1.54) is 4.88 Å².